The van der Waals surface area contributed by atoms with E-state index in [-0.39, 0.29) is 11.8 Å². The van der Waals surface area contributed by atoms with E-state index in [1.54, 1.807) is 24.3 Å². The first-order chi connectivity index (χ1) is 17.4. The molecule has 0 aliphatic heterocycles. The van der Waals surface area contributed by atoms with E-state index in [1.165, 1.54) is 17.3 Å². The van der Waals surface area contributed by atoms with Crippen molar-refractivity contribution in [2.45, 2.75) is 32.2 Å². The van der Waals surface area contributed by atoms with Crippen molar-refractivity contribution < 1.29 is 14.3 Å². The molecule has 1 aromatic heterocycles. The van der Waals surface area contributed by atoms with Crippen molar-refractivity contribution in [3.8, 4) is 5.75 Å². The highest BCUT2D eigenvalue weighted by molar-refractivity contribution is 8.00. The van der Waals surface area contributed by atoms with Crippen LogP contribution in [0.25, 0.3) is 10.9 Å². The first-order valence-electron chi connectivity index (χ1n) is 12.0. The van der Waals surface area contributed by atoms with Crippen LogP contribution in [0.5, 0.6) is 5.75 Å². The molecule has 0 saturated carbocycles. The van der Waals surface area contributed by atoms with Crippen molar-refractivity contribution in [2.75, 3.05) is 24.2 Å². The molecule has 0 bridgehead atoms. The highest BCUT2D eigenvalue weighted by atomic mass is 32.2. The van der Waals surface area contributed by atoms with Crippen LogP contribution in [0.4, 0.5) is 5.69 Å². The molecule has 0 fully saturated rings. The Kier molecular flexibility index (Phi) is 8.33. The summed E-state index contributed by atoms with van der Waals surface area (Å²) in [6.07, 6.45) is 2.06. The first kappa shape index (κ1) is 25.4. The zero-order chi connectivity index (χ0) is 25.5. The Labute approximate surface area is 216 Å². The summed E-state index contributed by atoms with van der Waals surface area (Å²) in [5.41, 5.74) is 4.74. The number of aryl methyl sites for hydroxylation is 2. The summed E-state index contributed by atoms with van der Waals surface area (Å²) in [7, 11) is 0. The predicted molar refractivity (Wildman–Crippen MR) is 147 cm³/mol. The molecule has 3 aromatic carbocycles. The zero-order valence-corrected chi connectivity index (χ0v) is 21.7. The van der Waals surface area contributed by atoms with Gasteiger partial charge in [-0.25, -0.2) is 0 Å². The molecule has 2 amide bonds. The number of hydrogen-bond donors (Lipinski definition) is 2. The van der Waals surface area contributed by atoms with E-state index in [1.807, 2.05) is 45.0 Å². The monoisotopic (exact) mass is 501 g/mol. The molecule has 0 aliphatic rings. The lowest BCUT2D eigenvalue weighted by Crippen LogP contribution is -2.27. The number of fused-ring (bicyclic) bond motifs is 1. The van der Waals surface area contributed by atoms with Crippen LogP contribution in [-0.4, -0.2) is 35.3 Å². The molecule has 0 aliphatic carbocycles. The van der Waals surface area contributed by atoms with Crippen LogP contribution in [0.15, 0.2) is 77.8 Å². The number of thioether (sulfide) groups is 1. The summed E-state index contributed by atoms with van der Waals surface area (Å²) in [6, 6.07) is 21.3. The Hall–Kier alpha value is -3.71. The molecule has 36 heavy (non-hydrogen) atoms. The molecule has 0 radical (unpaired) electrons. The summed E-state index contributed by atoms with van der Waals surface area (Å²) >= 11 is 1.52. The van der Waals surface area contributed by atoms with Gasteiger partial charge in [-0.15, -0.1) is 11.8 Å². The van der Waals surface area contributed by atoms with Gasteiger partial charge in [0.2, 0.25) is 5.91 Å². The van der Waals surface area contributed by atoms with E-state index in [9.17, 15) is 9.59 Å². The zero-order valence-electron chi connectivity index (χ0n) is 20.8. The molecule has 7 heteroatoms. The fourth-order valence-corrected chi connectivity index (χ4v) is 4.95. The minimum Gasteiger partial charge on any atom is -0.494 e. The molecule has 0 saturated heterocycles. The van der Waals surface area contributed by atoms with Crippen molar-refractivity contribution >= 4 is 40.2 Å². The fourth-order valence-electron chi connectivity index (χ4n) is 4.06. The number of nitrogens with zero attached hydrogens (tertiary/aromatic N) is 1. The fraction of sp³-hybridized carbons (Fsp3) is 0.241. The van der Waals surface area contributed by atoms with Crippen LogP contribution in [0, 0.1) is 13.8 Å². The number of benzene rings is 3. The highest BCUT2D eigenvalue weighted by Gasteiger charge is 2.12. The van der Waals surface area contributed by atoms with Crippen LogP contribution < -0.4 is 15.4 Å². The molecular weight excluding hydrogens is 470 g/mol. The Morgan fingerprint density at radius 2 is 1.78 bits per heavy atom. The molecule has 4 aromatic rings. The summed E-state index contributed by atoms with van der Waals surface area (Å²) in [5, 5.41) is 7.10. The van der Waals surface area contributed by atoms with Gasteiger partial charge < -0.3 is 19.9 Å². The van der Waals surface area contributed by atoms with Gasteiger partial charge in [0, 0.05) is 46.3 Å². The molecule has 4 rings (SSSR count). The second-order valence-electron chi connectivity index (χ2n) is 8.57. The second kappa shape index (κ2) is 11.8. The number of hydrogen-bond acceptors (Lipinski definition) is 4. The van der Waals surface area contributed by atoms with Crippen LogP contribution in [-0.2, 0) is 11.3 Å². The molecule has 6 nitrogen and oxygen atoms in total. The van der Waals surface area contributed by atoms with Gasteiger partial charge >= 0.3 is 0 Å². The number of nitrogens with one attached hydrogen (secondary N) is 2. The van der Waals surface area contributed by atoms with E-state index >= 15 is 0 Å². The topological polar surface area (TPSA) is 72.4 Å². The second-order valence-corrected chi connectivity index (χ2v) is 9.59. The molecule has 2 N–H and O–H groups in total. The standard InChI is InChI=1S/C29H31N3O3S/c1-4-35-23-12-10-22(11-13-23)29(34)30-15-16-32-18-27(24-7-5-6-8-26(24)32)36-19-28(33)31-25-14-9-20(2)17-21(25)3/h5-14,17-18H,4,15-16,19H2,1-3H3,(H,30,34)(H,31,33). The average Bonchev–Trinajstić information content (AvgIpc) is 3.23. The van der Waals surface area contributed by atoms with Gasteiger partial charge in [-0.2, -0.15) is 0 Å². The summed E-state index contributed by atoms with van der Waals surface area (Å²) in [5.74, 6) is 0.912. The normalized spacial score (nSPS) is 10.9. The number of carbonyl (C=O) groups is 2. The molecule has 186 valence electrons. The van der Waals surface area contributed by atoms with Crippen molar-refractivity contribution in [2.24, 2.45) is 0 Å². The van der Waals surface area contributed by atoms with Crippen molar-refractivity contribution in [3.63, 3.8) is 0 Å². The lowest BCUT2D eigenvalue weighted by atomic mass is 10.1. The Bertz CT molecular complexity index is 1360. The third kappa shape index (κ3) is 6.29. The number of rotatable bonds is 10. The largest absolute Gasteiger partial charge is 0.494 e. The van der Waals surface area contributed by atoms with Crippen LogP contribution in [0.1, 0.15) is 28.4 Å². The quantitative estimate of drug-likeness (QED) is 0.269. The van der Waals surface area contributed by atoms with Crippen molar-refractivity contribution in [1.82, 2.24) is 9.88 Å². The number of ether oxygens (including phenoxy) is 1. The van der Waals surface area contributed by atoms with Gasteiger partial charge in [-0.3, -0.25) is 9.59 Å². The summed E-state index contributed by atoms with van der Waals surface area (Å²) in [4.78, 5) is 26.2. The average molecular weight is 502 g/mol. The van der Waals surface area contributed by atoms with Gasteiger partial charge in [0.15, 0.2) is 0 Å². The highest BCUT2D eigenvalue weighted by Crippen LogP contribution is 2.30. The Morgan fingerprint density at radius 1 is 1.00 bits per heavy atom. The third-order valence-corrected chi connectivity index (χ3v) is 6.88. The number of carbonyl (C=O) groups excluding carboxylic acids is 2. The van der Waals surface area contributed by atoms with Crippen molar-refractivity contribution in [3.05, 3.63) is 89.6 Å². The van der Waals surface area contributed by atoms with Crippen LogP contribution >= 0.6 is 11.8 Å². The SMILES string of the molecule is CCOc1ccc(C(=O)NCCn2cc(SCC(=O)Nc3ccc(C)cc3C)c3ccccc32)cc1. The predicted octanol–water partition coefficient (Wildman–Crippen LogP) is 5.82. The van der Waals surface area contributed by atoms with E-state index in [0.29, 0.717) is 31.0 Å². The maximum Gasteiger partial charge on any atom is 0.251 e. The lowest BCUT2D eigenvalue weighted by molar-refractivity contribution is -0.113. The maximum absolute atomic E-state index is 12.6. The Morgan fingerprint density at radius 3 is 2.53 bits per heavy atom. The third-order valence-electron chi connectivity index (χ3n) is 5.83. The van der Waals surface area contributed by atoms with Gasteiger partial charge in [-0.1, -0.05) is 35.9 Å². The molecule has 0 spiro atoms. The Balaban J connectivity index is 1.36. The van der Waals surface area contributed by atoms with Gasteiger partial charge in [0.25, 0.3) is 5.91 Å². The summed E-state index contributed by atoms with van der Waals surface area (Å²) in [6.45, 7) is 7.67. The maximum atomic E-state index is 12.6. The molecule has 0 unspecified atom stereocenters. The first-order valence-corrected chi connectivity index (χ1v) is 13.0. The van der Waals surface area contributed by atoms with Crippen LogP contribution in [0.3, 0.4) is 0 Å². The van der Waals surface area contributed by atoms with E-state index in [4.69, 9.17) is 4.74 Å². The number of aromatic nitrogens is 1. The van der Waals surface area contributed by atoms with Gasteiger partial charge in [0.1, 0.15) is 5.75 Å². The van der Waals surface area contributed by atoms with Gasteiger partial charge in [-0.05, 0) is 62.7 Å². The number of amides is 2. The van der Waals surface area contributed by atoms with E-state index < -0.39 is 0 Å². The van der Waals surface area contributed by atoms with E-state index in [0.717, 1.165) is 32.8 Å². The lowest BCUT2D eigenvalue weighted by Gasteiger charge is -2.09. The van der Waals surface area contributed by atoms with Crippen molar-refractivity contribution in [1.29, 1.82) is 0 Å². The molecule has 1 heterocycles. The minimum absolute atomic E-state index is 0.0357. The molecule has 0 atom stereocenters. The summed E-state index contributed by atoms with van der Waals surface area (Å²) < 4.78 is 7.56. The smallest absolute Gasteiger partial charge is 0.251 e. The van der Waals surface area contributed by atoms with E-state index in [2.05, 4.69) is 39.6 Å². The minimum atomic E-state index is -0.118. The van der Waals surface area contributed by atoms with Crippen LogP contribution in [0.2, 0.25) is 0 Å². The number of anilines is 1. The number of para-hydroxylation sites is 1. The van der Waals surface area contributed by atoms with Gasteiger partial charge in [0.05, 0.1) is 12.4 Å². The molecular formula is C29H31N3O3S.